The van der Waals surface area contributed by atoms with Crippen LogP contribution in [0.5, 0.6) is 0 Å². The summed E-state index contributed by atoms with van der Waals surface area (Å²) >= 11 is 1.85. The van der Waals surface area contributed by atoms with Gasteiger partial charge in [0.15, 0.2) is 17.5 Å². The maximum atomic E-state index is 5.25. The minimum atomic E-state index is -0.117. The Hall–Kier alpha value is -5.71. The Labute approximate surface area is 282 Å². The van der Waals surface area contributed by atoms with E-state index in [1.54, 1.807) is 0 Å². The fourth-order valence-corrected chi connectivity index (χ4v) is 9.04. The number of benzene rings is 7. The zero-order valence-electron chi connectivity index (χ0n) is 26.5. The largest absolute Gasteiger partial charge is 0.208 e. The Balaban J connectivity index is 1.22. The first-order valence-electron chi connectivity index (χ1n) is 16.4. The lowest BCUT2D eigenvalue weighted by atomic mass is 9.82. The van der Waals surface area contributed by atoms with Gasteiger partial charge in [0.25, 0.3) is 0 Å². The molecule has 2 heterocycles. The summed E-state index contributed by atoms with van der Waals surface area (Å²) in [6, 6.07) is 49.9. The van der Waals surface area contributed by atoms with Crippen LogP contribution in [0.15, 0.2) is 140 Å². The van der Waals surface area contributed by atoms with Crippen LogP contribution in [0, 0.1) is 0 Å². The molecule has 0 unspecified atom stereocenters. The van der Waals surface area contributed by atoms with E-state index in [1.165, 1.54) is 64.0 Å². The fraction of sp³-hybridized carbons (Fsp3) is 0.0682. The normalized spacial score (nSPS) is 13.4. The molecular weight excluding hydrogens is 603 g/mol. The third kappa shape index (κ3) is 3.96. The summed E-state index contributed by atoms with van der Waals surface area (Å²) in [5, 5.41) is 7.52. The highest BCUT2D eigenvalue weighted by Gasteiger charge is 2.35. The quantitative estimate of drug-likeness (QED) is 0.182. The van der Waals surface area contributed by atoms with Crippen molar-refractivity contribution in [2.24, 2.45) is 0 Å². The molecule has 9 aromatic rings. The first-order valence-corrected chi connectivity index (χ1v) is 17.2. The Bertz CT molecular complexity index is 2760. The minimum absolute atomic E-state index is 0.117. The van der Waals surface area contributed by atoms with Crippen LogP contribution in [0.25, 0.3) is 87.0 Å². The van der Waals surface area contributed by atoms with Crippen molar-refractivity contribution in [1.82, 2.24) is 15.0 Å². The Morgan fingerprint density at radius 3 is 2.04 bits per heavy atom. The van der Waals surface area contributed by atoms with Crippen molar-refractivity contribution in [3.8, 4) is 45.3 Å². The van der Waals surface area contributed by atoms with Crippen LogP contribution in [0.3, 0.4) is 0 Å². The highest BCUT2D eigenvalue weighted by molar-refractivity contribution is 7.27. The first kappa shape index (κ1) is 27.4. The molecule has 0 spiro atoms. The third-order valence-electron chi connectivity index (χ3n) is 10.1. The lowest BCUT2D eigenvalue weighted by molar-refractivity contribution is 0.660. The molecule has 2 aromatic heterocycles. The summed E-state index contributed by atoms with van der Waals surface area (Å²) < 4.78 is 2.52. The molecule has 0 fully saturated rings. The maximum absolute atomic E-state index is 5.25. The standard InChI is InChI=1S/C44H29N3S/c1-44(2)35-17-9-8-15-31(35)32-23-22-29(25-36(32)44)42-45-41(28-12-4-3-5-13-28)46-43(47-42)34-16-10-18-37-39(34)33-24-21-27-20-19-26-11-6-7-14-30(26)38(27)40(33)48-37/h3-25H,1-2H3. The van der Waals surface area contributed by atoms with Gasteiger partial charge < -0.3 is 0 Å². The van der Waals surface area contributed by atoms with Gasteiger partial charge in [-0.2, -0.15) is 0 Å². The van der Waals surface area contributed by atoms with Crippen LogP contribution >= 0.6 is 11.3 Å². The molecule has 226 valence electrons. The highest BCUT2D eigenvalue weighted by atomic mass is 32.1. The van der Waals surface area contributed by atoms with Gasteiger partial charge in [-0.25, -0.2) is 15.0 Å². The minimum Gasteiger partial charge on any atom is -0.208 e. The summed E-state index contributed by atoms with van der Waals surface area (Å²) in [5.41, 5.74) is 8.12. The van der Waals surface area contributed by atoms with Gasteiger partial charge in [-0.3, -0.25) is 0 Å². The summed E-state index contributed by atoms with van der Waals surface area (Å²) in [6.45, 7) is 4.62. The van der Waals surface area contributed by atoms with E-state index in [0.29, 0.717) is 17.5 Å². The van der Waals surface area contributed by atoms with Crippen molar-refractivity contribution in [2.45, 2.75) is 19.3 Å². The second-order valence-electron chi connectivity index (χ2n) is 13.2. The van der Waals surface area contributed by atoms with Crippen LogP contribution in [-0.4, -0.2) is 15.0 Å². The molecule has 1 aliphatic rings. The predicted octanol–water partition coefficient (Wildman–Crippen LogP) is 11.9. The number of aromatic nitrogens is 3. The molecule has 0 bridgehead atoms. The number of rotatable bonds is 3. The Kier molecular flexibility index (Phi) is 5.79. The lowest BCUT2D eigenvalue weighted by Crippen LogP contribution is -2.15. The molecule has 48 heavy (non-hydrogen) atoms. The number of nitrogens with zero attached hydrogens (tertiary/aromatic N) is 3. The van der Waals surface area contributed by atoms with Crippen molar-refractivity contribution in [2.75, 3.05) is 0 Å². The van der Waals surface area contributed by atoms with E-state index in [0.717, 1.165) is 16.7 Å². The molecule has 3 nitrogen and oxygen atoms in total. The predicted molar refractivity (Wildman–Crippen MR) is 202 cm³/mol. The molecule has 10 rings (SSSR count). The summed E-state index contributed by atoms with van der Waals surface area (Å²) in [5.74, 6) is 2.04. The zero-order valence-corrected chi connectivity index (χ0v) is 27.3. The maximum Gasteiger partial charge on any atom is 0.164 e. The van der Waals surface area contributed by atoms with E-state index in [1.807, 2.05) is 29.5 Å². The van der Waals surface area contributed by atoms with Crippen molar-refractivity contribution in [3.63, 3.8) is 0 Å². The van der Waals surface area contributed by atoms with Crippen LogP contribution in [0.4, 0.5) is 0 Å². The first-order chi connectivity index (χ1) is 23.5. The summed E-state index contributed by atoms with van der Waals surface area (Å²) in [4.78, 5) is 15.5. The number of hydrogen-bond donors (Lipinski definition) is 0. The second kappa shape index (κ2) is 10.1. The van der Waals surface area contributed by atoms with Gasteiger partial charge in [0.1, 0.15) is 0 Å². The number of hydrogen-bond acceptors (Lipinski definition) is 4. The highest BCUT2D eigenvalue weighted by Crippen LogP contribution is 2.50. The van der Waals surface area contributed by atoms with Crippen LogP contribution in [0.1, 0.15) is 25.0 Å². The zero-order chi connectivity index (χ0) is 32.0. The average molecular weight is 632 g/mol. The van der Waals surface area contributed by atoms with E-state index in [4.69, 9.17) is 15.0 Å². The van der Waals surface area contributed by atoms with Crippen LogP contribution in [0.2, 0.25) is 0 Å². The second-order valence-corrected chi connectivity index (χ2v) is 14.3. The average Bonchev–Trinajstić information content (AvgIpc) is 3.64. The van der Waals surface area contributed by atoms with E-state index in [2.05, 4.69) is 135 Å². The van der Waals surface area contributed by atoms with E-state index >= 15 is 0 Å². The molecule has 0 radical (unpaired) electrons. The van der Waals surface area contributed by atoms with Crippen molar-refractivity contribution in [3.05, 3.63) is 151 Å². The smallest absolute Gasteiger partial charge is 0.164 e. The molecule has 0 saturated carbocycles. The monoisotopic (exact) mass is 631 g/mol. The number of fused-ring (bicyclic) bond motifs is 10. The third-order valence-corrected chi connectivity index (χ3v) is 11.3. The summed E-state index contributed by atoms with van der Waals surface area (Å²) in [6.07, 6.45) is 0. The van der Waals surface area contributed by atoms with Gasteiger partial charge >= 0.3 is 0 Å². The van der Waals surface area contributed by atoms with Crippen LogP contribution in [-0.2, 0) is 5.41 Å². The van der Waals surface area contributed by atoms with Gasteiger partial charge in [-0.1, -0.05) is 141 Å². The van der Waals surface area contributed by atoms with E-state index < -0.39 is 0 Å². The molecule has 4 heteroatoms. The topological polar surface area (TPSA) is 38.7 Å². The van der Waals surface area contributed by atoms with Crippen molar-refractivity contribution >= 4 is 53.1 Å². The summed E-state index contributed by atoms with van der Waals surface area (Å²) in [7, 11) is 0. The van der Waals surface area contributed by atoms with Crippen LogP contribution < -0.4 is 0 Å². The molecule has 0 amide bonds. The molecule has 1 aliphatic carbocycles. The van der Waals surface area contributed by atoms with Crippen molar-refractivity contribution < 1.29 is 0 Å². The Morgan fingerprint density at radius 1 is 0.458 bits per heavy atom. The molecule has 0 atom stereocenters. The Morgan fingerprint density at radius 2 is 1.15 bits per heavy atom. The van der Waals surface area contributed by atoms with Gasteiger partial charge in [0.2, 0.25) is 0 Å². The van der Waals surface area contributed by atoms with Gasteiger partial charge in [-0.05, 0) is 50.5 Å². The van der Waals surface area contributed by atoms with Gasteiger partial charge in [-0.15, -0.1) is 11.3 Å². The van der Waals surface area contributed by atoms with E-state index in [9.17, 15) is 0 Å². The number of thiophene rings is 1. The molecule has 7 aromatic carbocycles. The molecule has 0 saturated heterocycles. The molecular formula is C44H29N3S. The fourth-order valence-electron chi connectivity index (χ4n) is 7.74. The molecule has 0 aliphatic heterocycles. The molecule has 0 N–H and O–H groups in total. The van der Waals surface area contributed by atoms with Gasteiger partial charge in [0.05, 0.1) is 0 Å². The van der Waals surface area contributed by atoms with E-state index in [-0.39, 0.29) is 5.41 Å². The van der Waals surface area contributed by atoms with Gasteiger partial charge in [0, 0.05) is 47.7 Å². The van der Waals surface area contributed by atoms with Crippen molar-refractivity contribution in [1.29, 1.82) is 0 Å². The SMILES string of the molecule is CC1(C)c2ccccc2-c2ccc(-c3nc(-c4ccccc4)nc(-c4cccc5sc6c(ccc7ccc8ccccc8c76)c45)n3)cc21. The lowest BCUT2D eigenvalue weighted by Gasteiger charge is -2.21.